The van der Waals surface area contributed by atoms with Crippen molar-refractivity contribution in [2.45, 2.75) is 0 Å². The smallest absolute Gasteiger partial charge is 0.183 e. The lowest BCUT2D eigenvalue weighted by Crippen LogP contribution is -1.92. The molecule has 0 unspecified atom stereocenters. The molecule has 0 N–H and O–H groups in total. The maximum atomic E-state index is 5.93. The summed E-state index contributed by atoms with van der Waals surface area (Å²) < 4.78 is 14.8. The van der Waals surface area contributed by atoms with Crippen molar-refractivity contribution in [3.63, 3.8) is 0 Å². The highest BCUT2D eigenvalue weighted by Crippen LogP contribution is 2.43. The summed E-state index contributed by atoms with van der Waals surface area (Å²) in [6.45, 7) is 0. The van der Waals surface area contributed by atoms with Gasteiger partial charge in [-0.2, -0.15) is 0 Å². The monoisotopic (exact) mass is 512 g/mol. The molecule has 2 rings (SSSR count). The van der Waals surface area contributed by atoms with E-state index in [1.807, 2.05) is 30.3 Å². The molecule has 0 radical (unpaired) electrons. The van der Waals surface area contributed by atoms with Crippen molar-refractivity contribution in [3.8, 4) is 17.2 Å². The van der Waals surface area contributed by atoms with Crippen LogP contribution in [0.2, 0.25) is 0 Å². The van der Waals surface area contributed by atoms with Crippen molar-refractivity contribution in [1.82, 2.24) is 0 Å². The topological polar surface area (TPSA) is 18.5 Å². The van der Waals surface area contributed by atoms with Gasteiger partial charge in [0, 0.05) is 8.95 Å². The number of rotatable bonds is 3. The summed E-state index contributed by atoms with van der Waals surface area (Å²) in [5.74, 6) is 1.98. The van der Waals surface area contributed by atoms with Gasteiger partial charge in [-0.05, 0) is 72.1 Å². The molecule has 2 aromatic rings. The van der Waals surface area contributed by atoms with Gasteiger partial charge in [-0.1, -0.05) is 22.0 Å². The van der Waals surface area contributed by atoms with Crippen molar-refractivity contribution in [2.24, 2.45) is 0 Å². The van der Waals surface area contributed by atoms with Gasteiger partial charge in [-0.3, -0.25) is 0 Å². The van der Waals surface area contributed by atoms with Crippen molar-refractivity contribution in [1.29, 1.82) is 0 Å². The number of ether oxygens (including phenoxy) is 2. The molecule has 0 atom stereocenters. The Balaban J connectivity index is 2.46. The minimum Gasteiger partial charge on any atom is -0.493 e. The van der Waals surface area contributed by atoms with E-state index in [1.54, 1.807) is 7.11 Å². The van der Waals surface area contributed by atoms with Crippen LogP contribution in [0.5, 0.6) is 17.2 Å². The molecule has 0 saturated carbocycles. The summed E-state index contributed by atoms with van der Waals surface area (Å²) in [7, 11) is 1.61. The molecule has 0 aliphatic rings. The molecule has 6 heteroatoms. The minimum atomic E-state index is 0.629. The SMILES string of the molecule is COc1cc(Br)cc(Br)c1Oc1cccc(Br)c1Br. The Hall–Kier alpha value is -0.0400. The van der Waals surface area contributed by atoms with E-state index in [1.165, 1.54) is 0 Å². The Morgan fingerprint density at radius 3 is 2.32 bits per heavy atom. The average molecular weight is 516 g/mol. The fraction of sp³-hybridized carbons (Fsp3) is 0.0769. The molecule has 0 aliphatic heterocycles. The van der Waals surface area contributed by atoms with Gasteiger partial charge in [-0.25, -0.2) is 0 Å². The van der Waals surface area contributed by atoms with Crippen LogP contribution in [0, 0.1) is 0 Å². The van der Waals surface area contributed by atoms with E-state index >= 15 is 0 Å². The van der Waals surface area contributed by atoms with E-state index < -0.39 is 0 Å². The number of halogens is 4. The Kier molecular flexibility index (Phi) is 5.34. The van der Waals surface area contributed by atoms with Crippen LogP contribution in [-0.4, -0.2) is 7.11 Å². The lowest BCUT2D eigenvalue weighted by atomic mass is 10.3. The standard InChI is InChI=1S/C13H8Br4O2/c1-18-11-6-7(14)5-9(16)13(11)19-10-4-2-3-8(15)12(10)17/h2-6H,1H3. The maximum absolute atomic E-state index is 5.93. The summed E-state index contributed by atoms with van der Waals surface area (Å²) in [5.41, 5.74) is 0. The van der Waals surface area contributed by atoms with Gasteiger partial charge >= 0.3 is 0 Å². The van der Waals surface area contributed by atoms with Crippen LogP contribution >= 0.6 is 63.7 Å². The first-order chi connectivity index (χ1) is 9.02. The third kappa shape index (κ3) is 3.54. The molecule has 0 aromatic heterocycles. The number of hydrogen-bond acceptors (Lipinski definition) is 2. The van der Waals surface area contributed by atoms with E-state index in [9.17, 15) is 0 Å². The molecule has 0 amide bonds. The molecular weight excluding hydrogens is 508 g/mol. The second-order valence-corrected chi connectivity index (χ2v) is 6.99. The fourth-order valence-electron chi connectivity index (χ4n) is 1.46. The minimum absolute atomic E-state index is 0.629. The van der Waals surface area contributed by atoms with Crippen molar-refractivity contribution in [2.75, 3.05) is 7.11 Å². The Labute approximate surface area is 145 Å². The summed E-state index contributed by atoms with van der Waals surface area (Å²) in [5, 5.41) is 0. The van der Waals surface area contributed by atoms with Crippen LogP contribution in [0.4, 0.5) is 0 Å². The van der Waals surface area contributed by atoms with E-state index in [4.69, 9.17) is 9.47 Å². The highest BCUT2D eigenvalue weighted by molar-refractivity contribution is 9.13. The zero-order valence-electron chi connectivity index (χ0n) is 9.72. The molecule has 0 aliphatic carbocycles. The third-order valence-corrected chi connectivity index (χ3v) is 5.38. The lowest BCUT2D eigenvalue weighted by Gasteiger charge is -2.14. The predicted molar refractivity (Wildman–Crippen MR) is 90.3 cm³/mol. The first-order valence-electron chi connectivity index (χ1n) is 5.18. The summed E-state index contributed by atoms with van der Waals surface area (Å²) in [6, 6.07) is 9.48. The van der Waals surface area contributed by atoms with Crippen LogP contribution in [-0.2, 0) is 0 Å². The van der Waals surface area contributed by atoms with Crippen molar-refractivity contribution >= 4 is 63.7 Å². The third-order valence-electron chi connectivity index (χ3n) is 2.32. The van der Waals surface area contributed by atoms with Gasteiger partial charge < -0.3 is 9.47 Å². The first kappa shape index (κ1) is 15.4. The molecule has 2 nitrogen and oxygen atoms in total. The van der Waals surface area contributed by atoms with Gasteiger partial charge in [0.2, 0.25) is 0 Å². The summed E-state index contributed by atoms with van der Waals surface area (Å²) in [4.78, 5) is 0. The highest BCUT2D eigenvalue weighted by Gasteiger charge is 2.14. The Morgan fingerprint density at radius 1 is 0.895 bits per heavy atom. The van der Waals surface area contributed by atoms with Crippen LogP contribution < -0.4 is 9.47 Å². The van der Waals surface area contributed by atoms with Gasteiger partial charge in [0.1, 0.15) is 5.75 Å². The average Bonchev–Trinajstić information content (AvgIpc) is 2.37. The van der Waals surface area contributed by atoms with E-state index in [-0.39, 0.29) is 0 Å². The molecule has 2 aromatic carbocycles. The highest BCUT2D eigenvalue weighted by atomic mass is 79.9. The number of methoxy groups -OCH3 is 1. The molecule has 0 heterocycles. The normalized spacial score (nSPS) is 10.4. The Bertz CT molecular complexity index is 614. The molecular formula is C13H8Br4O2. The molecule has 0 saturated heterocycles. The van der Waals surface area contributed by atoms with E-state index in [0.717, 1.165) is 17.9 Å². The Morgan fingerprint density at radius 2 is 1.63 bits per heavy atom. The number of benzene rings is 2. The maximum Gasteiger partial charge on any atom is 0.183 e. The summed E-state index contributed by atoms with van der Waals surface area (Å²) >= 11 is 13.8. The van der Waals surface area contributed by atoms with E-state index in [0.29, 0.717) is 17.2 Å². The molecule has 0 spiro atoms. The van der Waals surface area contributed by atoms with Crippen LogP contribution in [0.15, 0.2) is 48.2 Å². The van der Waals surface area contributed by atoms with Gasteiger partial charge in [-0.15, -0.1) is 0 Å². The first-order valence-corrected chi connectivity index (χ1v) is 8.35. The van der Waals surface area contributed by atoms with Crippen molar-refractivity contribution in [3.05, 3.63) is 48.2 Å². The van der Waals surface area contributed by atoms with Crippen LogP contribution in [0.3, 0.4) is 0 Å². The van der Waals surface area contributed by atoms with Crippen LogP contribution in [0.25, 0.3) is 0 Å². The van der Waals surface area contributed by atoms with E-state index in [2.05, 4.69) is 63.7 Å². The van der Waals surface area contributed by atoms with Crippen molar-refractivity contribution < 1.29 is 9.47 Å². The quantitative estimate of drug-likeness (QED) is 0.462. The number of hydrogen-bond donors (Lipinski definition) is 0. The lowest BCUT2D eigenvalue weighted by molar-refractivity contribution is 0.376. The molecule has 100 valence electrons. The predicted octanol–water partition coefficient (Wildman–Crippen LogP) is 6.54. The van der Waals surface area contributed by atoms with Gasteiger partial charge in [0.05, 0.1) is 16.1 Å². The zero-order chi connectivity index (χ0) is 14.0. The zero-order valence-corrected chi connectivity index (χ0v) is 16.1. The largest absolute Gasteiger partial charge is 0.493 e. The van der Waals surface area contributed by atoms with Gasteiger partial charge in [0.15, 0.2) is 11.5 Å². The molecule has 0 fully saturated rings. The van der Waals surface area contributed by atoms with Gasteiger partial charge in [0.25, 0.3) is 0 Å². The molecule has 0 bridgehead atoms. The second-order valence-electron chi connectivity index (χ2n) is 3.57. The summed E-state index contributed by atoms with van der Waals surface area (Å²) in [6.07, 6.45) is 0. The fourth-order valence-corrected chi connectivity index (χ4v) is 3.42. The van der Waals surface area contributed by atoms with Crippen LogP contribution in [0.1, 0.15) is 0 Å². The second kappa shape index (κ2) is 6.61. The molecule has 19 heavy (non-hydrogen) atoms.